The number of aromatic nitrogens is 2. The van der Waals surface area contributed by atoms with Gasteiger partial charge in [-0.2, -0.15) is 13.2 Å². The average molecular weight is 499 g/mol. The molecule has 2 aliphatic heterocycles. The highest BCUT2D eigenvalue weighted by Crippen LogP contribution is 2.20. The summed E-state index contributed by atoms with van der Waals surface area (Å²) in [5.41, 5.74) is 2.01. The summed E-state index contributed by atoms with van der Waals surface area (Å²) in [4.78, 5) is 43.6. The lowest BCUT2D eigenvalue weighted by atomic mass is 10.1. The first kappa shape index (κ1) is 26.4. The standard InChI is InChI=1S/C20H27N5O3.C2HF3O2/c26-19(27)15-25-8-3-1-5-17(20(25)28)23-11-9-22(10-12-23)13-16-14-24-7-4-2-6-18(24)21-16;3-2(4,5)1(6)7/h2,4,6-7,14,17H,1,3,5,8-13,15H2,(H,26,27);(H,6,7). The summed E-state index contributed by atoms with van der Waals surface area (Å²) in [5.74, 6) is -3.72. The lowest BCUT2D eigenvalue weighted by Gasteiger charge is -2.39. The van der Waals surface area contributed by atoms with E-state index in [1.54, 1.807) is 0 Å². The molecule has 0 bridgehead atoms. The van der Waals surface area contributed by atoms with Crippen LogP contribution in [-0.2, 0) is 20.9 Å². The van der Waals surface area contributed by atoms with Gasteiger partial charge in [0.05, 0.1) is 11.7 Å². The van der Waals surface area contributed by atoms with E-state index in [2.05, 4.69) is 21.0 Å². The average Bonchev–Trinajstić information content (AvgIpc) is 3.12. The number of likely N-dealkylation sites (tertiary alicyclic amines) is 1. The quantitative estimate of drug-likeness (QED) is 0.636. The van der Waals surface area contributed by atoms with Gasteiger partial charge in [-0.15, -0.1) is 0 Å². The van der Waals surface area contributed by atoms with Crippen LogP contribution in [0.15, 0.2) is 30.6 Å². The Morgan fingerprint density at radius 1 is 1.06 bits per heavy atom. The summed E-state index contributed by atoms with van der Waals surface area (Å²) in [5, 5.41) is 16.2. The molecule has 192 valence electrons. The molecule has 0 aromatic carbocycles. The molecule has 13 heteroatoms. The van der Waals surface area contributed by atoms with E-state index < -0.39 is 18.1 Å². The first-order valence-electron chi connectivity index (χ1n) is 11.2. The van der Waals surface area contributed by atoms with Crippen LogP contribution in [0, 0.1) is 0 Å². The van der Waals surface area contributed by atoms with E-state index in [0.717, 1.165) is 63.3 Å². The highest BCUT2D eigenvalue weighted by Gasteiger charge is 2.38. The SMILES string of the molecule is O=C(O)C(F)(F)F.O=C(O)CN1CCCCC(N2CCN(Cc3cn4ccccc4n3)CC2)C1=O. The summed E-state index contributed by atoms with van der Waals surface area (Å²) >= 11 is 0. The van der Waals surface area contributed by atoms with Gasteiger partial charge in [0.1, 0.15) is 12.2 Å². The topological polar surface area (TPSA) is 119 Å². The van der Waals surface area contributed by atoms with Gasteiger partial charge in [0.25, 0.3) is 0 Å². The summed E-state index contributed by atoms with van der Waals surface area (Å²) in [6, 6.07) is 5.80. The fourth-order valence-electron chi connectivity index (χ4n) is 4.27. The smallest absolute Gasteiger partial charge is 0.480 e. The number of pyridine rings is 1. The molecule has 2 aromatic rings. The van der Waals surface area contributed by atoms with Crippen LogP contribution >= 0.6 is 0 Å². The Hall–Kier alpha value is -3.19. The number of halogens is 3. The highest BCUT2D eigenvalue weighted by molar-refractivity contribution is 5.85. The fraction of sp³-hybridized carbons (Fsp3) is 0.545. The van der Waals surface area contributed by atoms with Crippen molar-refractivity contribution in [3.05, 3.63) is 36.3 Å². The zero-order valence-electron chi connectivity index (χ0n) is 19.0. The number of amides is 1. The zero-order chi connectivity index (χ0) is 25.6. The largest absolute Gasteiger partial charge is 0.490 e. The van der Waals surface area contributed by atoms with E-state index in [-0.39, 0.29) is 18.5 Å². The first-order chi connectivity index (χ1) is 16.5. The van der Waals surface area contributed by atoms with E-state index in [4.69, 9.17) is 15.0 Å². The van der Waals surface area contributed by atoms with Crippen molar-refractivity contribution >= 4 is 23.5 Å². The Morgan fingerprint density at radius 2 is 1.74 bits per heavy atom. The molecule has 4 heterocycles. The molecule has 1 amide bonds. The number of nitrogens with zero attached hydrogens (tertiary/aromatic N) is 5. The number of imidazole rings is 1. The molecule has 35 heavy (non-hydrogen) atoms. The number of piperazine rings is 1. The number of carbonyl (C=O) groups excluding carboxylic acids is 1. The van der Waals surface area contributed by atoms with Crippen molar-refractivity contribution in [2.24, 2.45) is 0 Å². The Morgan fingerprint density at radius 3 is 2.34 bits per heavy atom. The minimum Gasteiger partial charge on any atom is -0.480 e. The van der Waals surface area contributed by atoms with Crippen LogP contribution in [0.3, 0.4) is 0 Å². The molecule has 4 rings (SSSR count). The van der Waals surface area contributed by atoms with Crippen molar-refractivity contribution in [3.63, 3.8) is 0 Å². The summed E-state index contributed by atoms with van der Waals surface area (Å²) in [6.45, 7) is 4.58. The van der Waals surface area contributed by atoms with Crippen LogP contribution in [0.2, 0.25) is 0 Å². The molecule has 2 aliphatic rings. The van der Waals surface area contributed by atoms with E-state index in [1.807, 2.05) is 28.8 Å². The van der Waals surface area contributed by atoms with Gasteiger partial charge < -0.3 is 19.5 Å². The molecule has 2 N–H and O–H groups in total. The minimum absolute atomic E-state index is 0.0197. The molecule has 10 nitrogen and oxygen atoms in total. The normalized spacial score (nSPS) is 20.3. The van der Waals surface area contributed by atoms with Crippen molar-refractivity contribution in [1.82, 2.24) is 24.1 Å². The van der Waals surface area contributed by atoms with E-state index in [0.29, 0.717) is 6.54 Å². The molecular weight excluding hydrogens is 471 g/mol. The summed E-state index contributed by atoms with van der Waals surface area (Å²) in [7, 11) is 0. The molecule has 2 aromatic heterocycles. The van der Waals surface area contributed by atoms with Gasteiger partial charge in [-0.05, 0) is 31.4 Å². The molecular formula is C22H28F3N5O5. The van der Waals surface area contributed by atoms with Gasteiger partial charge in [-0.25, -0.2) is 9.78 Å². The number of hydrogen-bond acceptors (Lipinski definition) is 6. The van der Waals surface area contributed by atoms with Crippen molar-refractivity contribution in [1.29, 1.82) is 0 Å². The summed E-state index contributed by atoms with van der Waals surface area (Å²) < 4.78 is 33.8. The van der Waals surface area contributed by atoms with E-state index in [1.165, 1.54) is 4.90 Å². The minimum atomic E-state index is -5.08. The van der Waals surface area contributed by atoms with Gasteiger partial charge in [0.15, 0.2) is 0 Å². The fourth-order valence-corrected chi connectivity index (χ4v) is 4.27. The maximum Gasteiger partial charge on any atom is 0.490 e. The van der Waals surface area contributed by atoms with Crippen molar-refractivity contribution in [3.8, 4) is 0 Å². The number of carboxylic acid groups (broad SMARTS) is 2. The third kappa shape index (κ3) is 7.39. The number of rotatable bonds is 5. The van der Waals surface area contributed by atoms with Crippen LogP contribution in [0.4, 0.5) is 13.2 Å². The monoisotopic (exact) mass is 499 g/mol. The van der Waals surface area contributed by atoms with Crippen LogP contribution in [-0.4, -0.2) is 104 Å². The van der Waals surface area contributed by atoms with Crippen molar-refractivity contribution < 1.29 is 37.8 Å². The van der Waals surface area contributed by atoms with Gasteiger partial charge in [-0.1, -0.05) is 6.07 Å². The number of alkyl halides is 3. The third-order valence-corrected chi connectivity index (χ3v) is 5.97. The Bertz CT molecular complexity index is 1000. The van der Waals surface area contributed by atoms with Gasteiger partial charge in [0.2, 0.25) is 5.91 Å². The number of aliphatic carboxylic acids is 2. The van der Waals surface area contributed by atoms with Crippen LogP contribution < -0.4 is 0 Å². The molecule has 0 spiro atoms. The summed E-state index contributed by atoms with van der Waals surface area (Å²) in [6.07, 6.45) is 1.66. The molecule has 0 radical (unpaired) electrons. The zero-order valence-corrected chi connectivity index (χ0v) is 19.0. The number of carboxylic acids is 2. The molecule has 0 aliphatic carbocycles. The lowest BCUT2D eigenvalue weighted by Crippen LogP contribution is -2.55. The Kier molecular flexibility index (Phi) is 8.67. The van der Waals surface area contributed by atoms with Gasteiger partial charge in [0, 0.05) is 51.7 Å². The van der Waals surface area contributed by atoms with Crippen LogP contribution in [0.5, 0.6) is 0 Å². The maximum atomic E-state index is 12.8. The Balaban J connectivity index is 0.000000429. The van der Waals surface area contributed by atoms with E-state index >= 15 is 0 Å². The predicted octanol–water partition coefficient (Wildman–Crippen LogP) is 1.55. The highest BCUT2D eigenvalue weighted by atomic mass is 19.4. The number of hydrogen-bond donors (Lipinski definition) is 2. The lowest BCUT2D eigenvalue weighted by molar-refractivity contribution is -0.192. The Labute approximate surface area is 199 Å². The van der Waals surface area contributed by atoms with Crippen LogP contribution in [0.1, 0.15) is 25.0 Å². The third-order valence-electron chi connectivity index (χ3n) is 5.97. The molecule has 2 fully saturated rings. The second-order valence-corrected chi connectivity index (χ2v) is 8.48. The molecule has 2 saturated heterocycles. The van der Waals surface area contributed by atoms with Crippen molar-refractivity contribution in [2.45, 2.75) is 38.0 Å². The predicted molar refractivity (Wildman–Crippen MR) is 118 cm³/mol. The maximum absolute atomic E-state index is 12.8. The number of carbonyl (C=O) groups is 3. The number of fused-ring (bicyclic) bond motifs is 1. The van der Waals surface area contributed by atoms with E-state index in [9.17, 15) is 22.8 Å². The second-order valence-electron chi connectivity index (χ2n) is 8.48. The van der Waals surface area contributed by atoms with Gasteiger partial charge >= 0.3 is 18.1 Å². The van der Waals surface area contributed by atoms with Crippen molar-refractivity contribution in [2.75, 3.05) is 39.3 Å². The molecule has 1 unspecified atom stereocenters. The molecule has 1 atom stereocenters. The molecule has 0 saturated carbocycles. The van der Waals surface area contributed by atoms with Gasteiger partial charge in [-0.3, -0.25) is 19.4 Å². The van der Waals surface area contributed by atoms with Crippen LogP contribution in [0.25, 0.3) is 5.65 Å². The second kappa shape index (κ2) is 11.5. The first-order valence-corrected chi connectivity index (χ1v) is 11.2.